The third kappa shape index (κ3) is 9.70. The van der Waals surface area contributed by atoms with Gasteiger partial charge < -0.3 is 10.5 Å². The highest BCUT2D eigenvalue weighted by Gasteiger charge is 2.06. The molecule has 1 heterocycles. The van der Waals surface area contributed by atoms with Crippen LogP contribution in [-0.4, -0.2) is 18.7 Å². The maximum Gasteiger partial charge on any atom is 0.125 e. The van der Waals surface area contributed by atoms with Crippen LogP contribution in [0.4, 0.5) is 0 Å². The largest absolute Gasteiger partial charge is 0.384 e. The van der Waals surface area contributed by atoms with Crippen molar-refractivity contribution in [1.82, 2.24) is 0 Å². The normalized spacial score (nSPS) is 11.8. The van der Waals surface area contributed by atoms with E-state index in [9.17, 15) is 0 Å². The summed E-state index contributed by atoms with van der Waals surface area (Å²) in [6, 6.07) is 14.8. The highest BCUT2D eigenvalue weighted by molar-refractivity contribution is 6.00. The van der Waals surface area contributed by atoms with Gasteiger partial charge >= 0.3 is 0 Å². The van der Waals surface area contributed by atoms with Gasteiger partial charge in [0, 0.05) is 12.1 Å². The fourth-order valence-electron chi connectivity index (χ4n) is 3.21. The minimum atomic E-state index is 0.634. The Morgan fingerprint density at radius 1 is 1.06 bits per heavy atom. The lowest BCUT2D eigenvalue weighted by atomic mass is 9.95. The van der Waals surface area contributed by atoms with Gasteiger partial charge in [-0.15, -0.1) is 0 Å². The maximum atomic E-state index is 9.09. The number of amidine groups is 1. The average molecular weight is 446 g/mol. The van der Waals surface area contributed by atoms with Crippen LogP contribution in [0.15, 0.2) is 65.2 Å². The molecule has 0 saturated carbocycles. The SMILES string of the molecule is CC.CC.CC=O.Cc1cc(-c2ccc(C/C=C\C3=CCCN=C3N)cc2C)ccc1C#N. The number of nitrogens with zero attached hydrogens (tertiary/aromatic N) is 2. The van der Waals surface area contributed by atoms with Crippen molar-refractivity contribution in [1.29, 1.82) is 5.26 Å². The lowest BCUT2D eigenvalue weighted by Gasteiger charge is -2.10. The molecule has 2 aromatic carbocycles. The van der Waals surface area contributed by atoms with Gasteiger partial charge in [-0.1, -0.05) is 76.3 Å². The molecule has 0 fully saturated rings. The fraction of sp³-hybridized carbons (Fsp3) is 0.345. The Labute approximate surface area is 200 Å². The van der Waals surface area contributed by atoms with E-state index in [2.05, 4.69) is 60.5 Å². The topological polar surface area (TPSA) is 79.2 Å². The van der Waals surface area contributed by atoms with Gasteiger partial charge in [-0.3, -0.25) is 4.99 Å². The Hall–Kier alpha value is -3.45. The first-order valence-corrected chi connectivity index (χ1v) is 11.7. The molecule has 4 nitrogen and oxygen atoms in total. The van der Waals surface area contributed by atoms with E-state index in [1.165, 1.54) is 23.6 Å². The number of carbonyl (C=O) groups is 1. The van der Waals surface area contributed by atoms with Crippen LogP contribution in [0.25, 0.3) is 11.1 Å². The zero-order valence-corrected chi connectivity index (χ0v) is 21.3. The van der Waals surface area contributed by atoms with E-state index in [4.69, 9.17) is 15.8 Å². The summed E-state index contributed by atoms with van der Waals surface area (Å²) >= 11 is 0. The zero-order chi connectivity index (χ0) is 25.2. The molecule has 0 bridgehead atoms. The summed E-state index contributed by atoms with van der Waals surface area (Å²) in [5.74, 6) is 0.634. The summed E-state index contributed by atoms with van der Waals surface area (Å²) in [5.41, 5.74) is 13.5. The molecule has 0 aliphatic carbocycles. The number of carbonyl (C=O) groups excluding carboxylic acids is 1. The van der Waals surface area contributed by atoms with Gasteiger partial charge in [-0.05, 0) is 67.5 Å². The molecule has 3 rings (SSSR count). The molecule has 176 valence electrons. The predicted octanol–water partition coefficient (Wildman–Crippen LogP) is 6.89. The molecule has 0 spiro atoms. The second-order valence-corrected chi connectivity index (χ2v) is 6.85. The van der Waals surface area contributed by atoms with E-state index in [-0.39, 0.29) is 0 Å². The van der Waals surface area contributed by atoms with Crippen LogP contribution in [0.1, 0.15) is 63.3 Å². The van der Waals surface area contributed by atoms with Gasteiger partial charge in [0.1, 0.15) is 12.1 Å². The number of aliphatic imine (C=N–C) groups is 1. The van der Waals surface area contributed by atoms with Gasteiger partial charge in [-0.2, -0.15) is 5.26 Å². The van der Waals surface area contributed by atoms with Crippen molar-refractivity contribution in [3.63, 3.8) is 0 Å². The van der Waals surface area contributed by atoms with Gasteiger partial charge in [0.25, 0.3) is 0 Å². The second-order valence-electron chi connectivity index (χ2n) is 6.85. The fourth-order valence-corrected chi connectivity index (χ4v) is 3.21. The summed E-state index contributed by atoms with van der Waals surface area (Å²) in [7, 11) is 0. The lowest BCUT2D eigenvalue weighted by molar-refractivity contribution is -0.106. The third-order valence-corrected chi connectivity index (χ3v) is 4.67. The number of benzene rings is 2. The number of nitriles is 1. The van der Waals surface area contributed by atoms with Crippen molar-refractivity contribution in [2.24, 2.45) is 10.7 Å². The molecular formula is C29H39N3O. The Morgan fingerprint density at radius 2 is 1.73 bits per heavy atom. The highest BCUT2D eigenvalue weighted by atomic mass is 16.1. The van der Waals surface area contributed by atoms with E-state index >= 15 is 0 Å². The van der Waals surface area contributed by atoms with E-state index in [0.29, 0.717) is 5.84 Å². The molecular weight excluding hydrogens is 406 g/mol. The molecule has 0 radical (unpaired) electrons. The molecule has 1 aliphatic heterocycles. The minimum Gasteiger partial charge on any atom is -0.384 e. The van der Waals surface area contributed by atoms with E-state index < -0.39 is 0 Å². The molecule has 33 heavy (non-hydrogen) atoms. The van der Waals surface area contributed by atoms with Crippen LogP contribution in [0.5, 0.6) is 0 Å². The molecule has 0 saturated heterocycles. The maximum absolute atomic E-state index is 9.09. The molecule has 1 aliphatic rings. The number of aldehydes is 1. The summed E-state index contributed by atoms with van der Waals surface area (Å²) in [5, 5.41) is 9.09. The highest BCUT2D eigenvalue weighted by Crippen LogP contribution is 2.26. The summed E-state index contributed by atoms with van der Waals surface area (Å²) in [6.45, 7) is 14.3. The van der Waals surface area contributed by atoms with Crippen LogP contribution in [0, 0.1) is 25.2 Å². The number of rotatable bonds is 4. The Kier molecular flexibility index (Phi) is 15.4. The van der Waals surface area contributed by atoms with Crippen molar-refractivity contribution < 1.29 is 4.79 Å². The van der Waals surface area contributed by atoms with Gasteiger partial charge in [-0.25, -0.2) is 0 Å². The number of dihydropyridines is 1. The van der Waals surface area contributed by atoms with E-state index in [1.807, 2.05) is 46.8 Å². The van der Waals surface area contributed by atoms with Crippen LogP contribution < -0.4 is 5.73 Å². The lowest BCUT2D eigenvalue weighted by Crippen LogP contribution is -2.17. The quantitative estimate of drug-likeness (QED) is 0.521. The van der Waals surface area contributed by atoms with Gasteiger partial charge in [0.15, 0.2) is 0 Å². The van der Waals surface area contributed by atoms with Crippen molar-refractivity contribution in [3.8, 4) is 17.2 Å². The second kappa shape index (κ2) is 17.1. The van der Waals surface area contributed by atoms with E-state index in [0.717, 1.165) is 47.9 Å². The summed E-state index contributed by atoms with van der Waals surface area (Å²) in [6.07, 6.45) is 8.90. The van der Waals surface area contributed by atoms with E-state index in [1.54, 1.807) is 0 Å². The average Bonchev–Trinajstić information content (AvgIpc) is 2.83. The van der Waals surface area contributed by atoms with Crippen molar-refractivity contribution in [2.45, 2.75) is 61.3 Å². The monoisotopic (exact) mass is 445 g/mol. The molecule has 2 N–H and O–H groups in total. The third-order valence-electron chi connectivity index (χ3n) is 4.67. The van der Waals surface area contributed by atoms with Crippen LogP contribution in [0.2, 0.25) is 0 Å². The first kappa shape index (κ1) is 29.5. The molecule has 4 heteroatoms. The first-order chi connectivity index (χ1) is 16.0. The molecule has 0 unspecified atom stereocenters. The van der Waals surface area contributed by atoms with Crippen molar-refractivity contribution in [2.75, 3.05) is 6.54 Å². The van der Waals surface area contributed by atoms with Crippen LogP contribution in [0.3, 0.4) is 0 Å². The molecule has 0 amide bonds. The number of hydrogen-bond acceptors (Lipinski definition) is 4. The summed E-state index contributed by atoms with van der Waals surface area (Å²) < 4.78 is 0. The van der Waals surface area contributed by atoms with Crippen LogP contribution in [-0.2, 0) is 11.2 Å². The summed E-state index contributed by atoms with van der Waals surface area (Å²) in [4.78, 5) is 13.1. The molecule has 0 atom stereocenters. The number of nitrogens with two attached hydrogens (primary N) is 1. The molecule has 0 aromatic heterocycles. The van der Waals surface area contributed by atoms with Crippen molar-refractivity contribution >= 4 is 12.1 Å². The first-order valence-electron chi connectivity index (χ1n) is 11.7. The number of hydrogen-bond donors (Lipinski definition) is 1. The zero-order valence-electron chi connectivity index (χ0n) is 21.3. The van der Waals surface area contributed by atoms with Gasteiger partial charge in [0.05, 0.1) is 11.6 Å². The van der Waals surface area contributed by atoms with Crippen LogP contribution >= 0.6 is 0 Å². The Morgan fingerprint density at radius 3 is 2.27 bits per heavy atom. The Balaban J connectivity index is 0.00000132. The molecule has 2 aromatic rings. The Bertz CT molecular complexity index is 1010. The predicted molar refractivity (Wildman–Crippen MR) is 143 cm³/mol. The smallest absolute Gasteiger partial charge is 0.125 e. The van der Waals surface area contributed by atoms with Crippen molar-refractivity contribution in [3.05, 3.63) is 82.5 Å². The standard InChI is InChI=1S/C23H23N3.C2H4O.2C2H6/c1-16-14-20(9-10-21(16)15-24)22-11-8-18(13-17(22)2)5-3-6-19-7-4-12-26-23(19)25;1-2-3;2*1-2/h3,6-11,13-14H,4-5,12H2,1-2H3,(H2,25,26);2H,1H3;2*1-2H3/b6-3-;;;. The van der Waals surface area contributed by atoms with Gasteiger partial charge in [0.2, 0.25) is 0 Å². The number of aryl methyl sites for hydroxylation is 2. The minimum absolute atomic E-state index is 0.634. The number of allylic oxidation sites excluding steroid dienone is 1.